The van der Waals surface area contributed by atoms with E-state index in [4.69, 9.17) is 17.3 Å². The van der Waals surface area contributed by atoms with E-state index in [1.807, 2.05) is 31.2 Å². The number of nitrogens with two attached hydrogens (primary N) is 1. The van der Waals surface area contributed by atoms with Crippen LogP contribution in [0.5, 0.6) is 0 Å². The minimum atomic E-state index is -0.173. The maximum Gasteiger partial charge on any atom is 0.255 e. The first-order chi connectivity index (χ1) is 12.0. The summed E-state index contributed by atoms with van der Waals surface area (Å²) in [7, 11) is 0. The summed E-state index contributed by atoms with van der Waals surface area (Å²) in [5.74, 6) is -0.173. The van der Waals surface area contributed by atoms with Gasteiger partial charge in [0.2, 0.25) is 0 Å². The molecule has 1 aliphatic rings. The quantitative estimate of drug-likeness (QED) is 0.656. The number of hydrogen-bond acceptors (Lipinski definition) is 3. The van der Waals surface area contributed by atoms with Gasteiger partial charge in [0.15, 0.2) is 0 Å². The summed E-state index contributed by atoms with van der Waals surface area (Å²) in [6.07, 6.45) is 6.07. The van der Waals surface area contributed by atoms with Gasteiger partial charge in [0.1, 0.15) is 0 Å². The maximum absolute atomic E-state index is 12.6. The smallest absolute Gasteiger partial charge is 0.255 e. The number of nitrogen functional groups attached to an aromatic ring is 1. The number of anilines is 3. The zero-order valence-electron chi connectivity index (χ0n) is 14.4. The van der Waals surface area contributed by atoms with Crippen molar-refractivity contribution in [2.24, 2.45) is 0 Å². The summed E-state index contributed by atoms with van der Waals surface area (Å²) >= 11 is 6.29. The van der Waals surface area contributed by atoms with Gasteiger partial charge >= 0.3 is 0 Å². The van der Waals surface area contributed by atoms with E-state index < -0.39 is 0 Å². The topological polar surface area (TPSA) is 67.2 Å². The Kier molecular flexibility index (Phi) is 5.49. The summed E-state index contributed by atoms with van der Waals surface area (Å²) in [5.41, 5.74) is 9.68. The summed E-state index contributed by atoms with van der Waals surface area (Å²) in [6, 6.07) is 11.4. The van der Waals surface area contributed by atoms with Crippen LogP contribution >= 0.6 is 11.6 Å². The summed E-state index contributed by atoms with van der Waals surface area (Å²) in [5, 5.41) is 6.85. The van der Waals surface area contributed by atoms with Gasteiger partial charge < -0.3 is 16.4 Å². The number of aryl methyl sites for hydroxylation is 1. The van der Waals surface area contributed by atoms with Crippen molar-refractivity contribution in [3.63, 3.8) is 0 Å². The molecule has 0 saturated heterocycles. The van der Waals surface area contributed by atoms with Gasteiger partial charge in [0.25, 0.3) is 5.91 Å². The highest BCUT2D eigenvalue weighted by Crippen LogP contribution is 2.33. The molecule has 0 bridgehead atoms. The first kappa shape index (κ1) is 17.6. The summed E-state index contributed by atoms with van der Waals surface area (Å²) < 4.78 is 0. The fourth-order valence-corrected chi connectivity index (χ4v) is 3.51. The Morgan fingerprint density at radius 1 is 1.12 bits per heavy atom. The Morgan fingerprint density at radius 2 is 1.84 bits per heavy atom. The minimum Gasteiger partial charge on any atom is -0.397 e. The normalized spacial score (nSPS) is 15.0. The molecule has 0 spiro atoms. The van der Waals surface area contributed by atoms with Gasteiger partial charge in [-0.05, 0) is 43.5 Å². The lowest BCUT2D eigenvalue weighted by Gasteiger charge is -2.25. The first-order valence-electron chi connectivity index (χ1n) is 8.77. The van der Waals surface area contributed by atoms with Crippen molar-refractivity contribution in [2.45, 2.75) is 45.1 Å². The fraction of sp³-hybridized carbons (Fsp3) is 0.350. The number of carbonyl (C=O) groups excluding carboxylic acids is 1. The predicted molar refractivity (Wildman–Crippen MR) is 105 cm³/mol. The molecule has 25 heavy (non-hydrogen) atoms. The van der Waals surface area contributed by atoms with Gasteiger partial charge in [0.05, 0.1) is 22.1 Å². The van der Waals surface area contributed by atoms with Gasteiger partial charge in [-0.15, -0.1) is 0 Å². The van der Waals surface area contributed by atoms with E-state index in [2.05, 4.69) is 10.6 Å². The Balaban J connectivity index is 1.80. The molecule has 0 heterocycles. The van der Waals surface area contributed by atoms with Crippen LogP contribution in [0.25, 0.3) is 0 Å². The second-order valence-electron chi connectivity index (χ2n) is 6.67. The van der Waals surface area contributed by atoms with Crippen molar-refractivity contribution in [3.8, 4) is 0 Å². The van der Waals surface area contributed by atoms with Gasteiger partial charge in [-0.2, -0.15) is 0 Å². The van der Waals surface area contributed by atoms with E-state index in [0.29, 0.717) is 28.0 Å². The van der Waals surface area contributed by atoms with E-state index >= 15 is 0 Å². The first-order valence-corrected chi connectivity index (χ1v) is 9.15. The SMILES string of the molecule is Cc1ccccc1C(=O)Nc1cc(NC2CCCCC2)c(N)cc1Cl. The number of rotatable bonds is 4. The lowest BCUT2D eigenvalue weighted by Crippen LogP contribution is -2.23. The van der Waals surface area contributed by atoms with Crippen LogP contribution in [0.4, 0.5) is 17.1 Å². The number of amides is 1. The number of carbonyl (C=O) groups is 1. The molecule has 4 nitrogen and oxygen atoms in total. The molecule has 5 heteroatoms. The van der Waals surface area contributed by atoms with Gasteiger partial charge in [-0.1, -0.05) is 49.1 Å². The standard InChI is InChI=1S/C20H24ClN3O/c1-13-7-5-6-10-15(13)20(25)24-18-12-19(17(22)11-16(18)21)23-14-8-3-2-4-9-14/h5-7,10-12,14,23H,2-4,8-9,22H2,1H3,(H,24,25). The predicted octanol–water partition coefficient (Wildman–Crippen LogP) is 5.23. The molecule has 0 aromatic heterocycles. The fourth-order valence-electron chi connectivity index (χ4n) is 3.29. The molecule has 0 unspecified atom stereocenters. The average Bonchev–Trinajstić information content (AvgIpc) is 2.60. The Morgan fingerprint density at radius 3 is 2.56 bits per heavy atom. The number of hydrogen-bond donors (Lipinski definition) is 3. The summed E-state index contributed by atoms with van der Waals surface area (Å²) in [4.78, 5) is 12.6. The molecule has 2 aromatic carbocycles. The van der Waals surface area contributed by atoms with E-state index in [0.717, 1.165) is 24.1 Å². The summed E-state index contributed by atoms with van der Waals surface area (Å²) in [6.45, 7) is 1.91. The monoisotopic (exact) mass is 357 g/mol. The van der Waals surface area contributed by atoms with Crippen LogP contribution < -0.4 is 16.4 Å². The van der Waals surface area contributed by atoms with Crippen molar-refractivity contribution in [2.75, 3.05) is 16.4 Å². The third-order valence-corrected chi connectivity index (χ3v) is 5.05. The van der Waals surface area contributed by atoms with Crippen LogP contribution in [0.2, 0.25) is 5.02 Å². The lowest BCUT2D eigenvalue weighted by molar-refractivity contribution is 0.102. The van der Waals surface area contributed by atoms with Crippen molar-refractivity contribution in [3.05, 3.63) is 52.5 Å². The minimum absolute atomic E-state index is 0.173. The lowest BCUT2D eigenvalue weighted by atomic mass is 9.95. The number of nitrogens with one attached hydrogen (secondary N) is 2. The molecule has 2 aromatic rings. The molecule has 0 radical (unpaired) electrons. The Bertz CT molecular complexity index is 770. The van der Waals surface area contributed by atoms with Crippen LogP contribution in [-0.2, 0) is 0 Å². The van der Waals surface area contributed by atoms with Crippen LogP contribution in [0.1, 0.15) is 48.0 Å². The number of halogens is 1. The molecule has 1 saturated carbocycles. The van der Waals surface area contributed by atoms with E-state index in [1.54, 1.807) is 12.1 Å². The average molecular weight is 358 g/mol. The second-order valence-corrected chi connectivity index (χ2v) is 7.07. The zero-order valence-corrected chi connectivity index (χ0v) is 15.2. The maximum atomic E-state index is 12.6. The van der Waals surface area contributed by atoms with E-state index in [9.17, 15) is 4.79 Å². The van der Waals surface area contributed by atoms with Crippen LogP contribution in [-0.4, -0.2) is 11.9 Å². The van der Waals surface area contributed by atoms with Crippen LogP contribution in [0.3, 0.4) is 0 Å². The van der Waals surface area contributed by atoms with Crippen molar-refractivity contribution in [1.82, 2.24) is 0 Å². The molecule has 1 aliphatic carbocycles. The third kappa shape index (κ3) is 4.26. The molecule has 132 valence electrons. The molecular weight excluding hydrogens is 334 g/mol. The molecule has 1 amide bonds. The molecule has 4 N–H and O–H groups in total. The second kappa shape index (κ2) is 7.79. The number of benzene rings is 2. The Hall–Kier alpha value is -2.20. The molecule has 0 aliphatic heterocycles. The van der Waals surface area contributed by atoms with Crippen LogP contribution in [0, 0.1) is 6.92 Å². The van der Waals surface area contributed by atoms with Crippen molar-refractivity contribution in [1.29, 1.82) is 0 Å². The van der Waals surface area contributed by atoms with E-state index in [-0.39, 0.29) is 5.91 Å². The molecular formula is C20H24ClN3O. The van der Waals surface area contributed by atoms with Crippen molar-refractivity contribution < 1.29 is 4.79 Å². The van der Waals surface area contributed by atoms with Gasteiger partial charge in [0, 0.05) is 11.6 Å². The van der Waals surface area contributed by atoms with Gasteiger partial charge in [-0.3, -0.25) is 4.79 Å². The molecule has 1 fully saturated rings. The van der Waals surface area contributed by atoms with Crippen molar-refractivity contribution >= 4 is 34.6 Å². The van der Waals surface area contributed by atoms with E-state index in [1.165, 1.54) is 19.3 Å². The highest BCUT2D eigenvalue weighted by Gasteiger charge is 2.17. The van der Waals surface area contributed by atoms with Crippen LogP contribution in [0.15, 0.2) is 36.4 Å². The molecule has 0 atom stereocenters. The Labute approximate surface area is 153 Å². The highest BCUT2D eigenvalue weighted by molar-refractivity contribution is 6.34. The third-order valence-electron chi connectivity index (χ3n) is 4.74. The zero-order chi connectivity index (χ0) is 17.8. The highest BCUT2D eigenvalue weighted by atomic mass is 35.5. The molecule has 3 rings (SSSR count). The van der Waals surface area contributed by atoms with Gasteiger partial charge in [-0.25, -0.2) is 0 Å². The largest absolute Gasteiger partial charge is 0.397 e.